The minimum absolute atomic E-state index is 0.0323. The molecule has 4 nitrogen and oxygen atoms in total. The van der Waals surface area contributed by atoms with Crippen LogP contribution in [0.4, 0.5) is 0 Å². The van der Waals surface area contributed by atoms with Gasteiger partial charge in [0.15, 0.2) is 0 Å². The first-order valence-corrected chi connectivity index (χ1v) is 23.7. The van der Waals surface area contributed by atoms with Crippen LogP contribution < -0.4 is 20.4 Å². The van der Waals surface area contributed by atoms with E-state index >= 15 is 0 Å². The summed E-state index contributed by atoms with van der Waals surface area (Å²) in [4.78, 5) is 24.9. The van der Waals surface area contributed by atoms with E-state index in [1.165, 1.54) is 127 Å². The maximum atomic E-state index is 12.5. The molecule has 0 aliphatic carbocycles. The number of hydrogen-bond acceptors (Lipinski definition) is 2. The molecule has 2 aromatic rings. The summed E-state index contributed by atoms with van der Waals surface area (Å²) >= 11 is 0.0645. The van der Waals surface area contributed by atoms with Crippen molar-refractivity contribution in [1.29, 1.82) is 0 Å². The van der Waals surface area contributed by atoms with Gasteiger partial charge in [-0.25, -0.2) is 0 Å². The third-order valence-corrected chi connectivity index (χ3v) is 16.0. The van der Waals surface area contributed by atoms with Crippen molar-refractivity contribution in [3.8, 4) is 0 Å². The molecule has 0 saturated carbocycles. The van der Waals surface area contributed by atoms with Crippen LogP contribution in [0.5, 0.6) is 0 Å². The Labute approximate surface area is 280 Å². The van der Waals surface area contributed by atoms with E-state index in [2.05, 4.69) is 26.0 Å². The average Bonchev–Trinajstić information content (AvgIpc) is 3.02. The van der Waals surface area contributed by atoms with Crippen molar-refractivity contribution in [3.63, 3.8) is 0 Å². The van der Waals surface area contributed by atoms with Crippen LogP contribution in [-0.4, -0.2) is 38.1 Å². The average molecular weight is 735 g/mol. The Bertz CT molecular complexity index is 1000. The van der Waals surface area contributed by atoms with Crippen LogP contribution in [0.2, 0.25) is 0 Å². The zero-order chi connectivity index (χ0) is 31.8. The van der Waals surface area contributed by atoms with Crippen molar-refractivity contribution in [1.82, 2.24) is 0 Å². The topological polar surface area (TPSA) is 86.2 Å². The van der Waals surface area contributed by atoms with Crippen molar-refractivity contribution in [2.24, 2.45) is 11.5 Å². The Morgan fingerprint density at radius 2 is 0.773 bits per heavy atom. The molecule has 4 N–H and O–H groups in total. The summed E-state index contributed by atoms with van der Waals surface area (Å²) in [5.41, 5.74) is 15.6. The number of unbranched alkanes of at least 4 members (excludes halogenated alkanes) is 18. The molecule has 2 aromatic carbocycles. The fourth-order valence-corrected chi connectivity index (χ4v) is 14.5. The predicted octanol–water partition coefficient (Wildman–Crippen LogP) is 8.09. The van der Waals surface area contributed by atoms with E-state index in [0.29, 0.717) is 11.1 Å². The summed E-state index contributed by atoms with van der Waals surface area (Å²) in [6.45, 7) is 4.54. The summed E-state index contributed by atoms with van der Waals surface area (Å²) in [5, 5.41) is 0. The molecule has 0 heterocycles. The van der Waals surface area contributed by atoms with Crippen LogP contribution in [0.1, 0.15) is 174 Å². The van der Waals surface area contributed by atoms with Gasteiger partial charge in [0, 0.05) is 0 Å². The van der Waals surface area contributed by atoms with Crippen LogP contribution in [0, 0.1) is 0 Å². The maximum absolute atomic E-state index is 12.5. The Morgan fingerprint density at radius 1 is 0.477 bits per heavy atom. The third-order valence-electron chi connectivity index (χ3n) is 8.53. The van der Waals surface area contributed by atoms with Crippen LogP contribution in [0.3, 0.4) is 0 Å². The molecule has 0 radical (unpaired) electrons. The normalized spacial score (nSPS) is 11.2. The zero-order valence-corrected chi connectivity index (χ0v) is 31.2. The number of hydrogen-bond donors (Lipinski definition) is 2. The van der Waals surface area contributed by atoms with Crippen molar-refractivity contribution in [2.75, 3.05) is 0 Å². The van der Waals surface area contributed by atoms with E-state index in [0.717, 1.165) is 34.6 Å². The molecule has 0 aliphatic heterocycles. The number of carbonyl (C=O) groups excluding carboxylic acids is 2. The number of amides is 2. The number of aryl methyl sites for hydroxylation is 2. The monoisotopic (exact) mass is 736 g/mol. The molecule has 0 atom stereocenters. The molecule has 0 spiro atoms. The van der Waals surface area contributed by atoms with Gasteiger partial charge in [-0.05, 0) is 0 Å². The number of carbonyl (C=O) groups is 2. The summed E-state index contributed by atoms with van der Waals surface area (Å²) < 4.78 is 2.26. The van der Waals surface area contributed by atoms with Gasteiger partial charge in [0.1, 0.15) is 0 Å². The van der Waals surface area contributed by atoms with E-state index in [-0.39, 0.29) is 38.1 Å². The molecule has 44 heavy (non-hydrogen) atoms. The van der Waals surface area contributed by atoms with Gasteiger partial charge >= 0.3 is 255 Å². The predicted molar refractivity (Wildman–Crippen MR) is 192 cm³/mol. The Kier molecular flexibility index (Phi) is 21.6. The first-order valence-electron chi connectivity index (χ1n) is 17.7. The summed E-state index contributed by atoms with van der Waals surface area (Å²) in [5.74, 6) is -0.701. The van der Waals surface area contributed by atoms with Crippen LogP contribution >= 0.6 is 0 Å². The van der Waals surface area contributed by atoms with Gasteiger partial charge in [-0.1, -0.05) is 26.7 Å². The zero-order valence-electron chi connectivity index (χ0n) is 27.8. The Morgan fingerprint density at radius 3 is 1.07 bits per heavy atom. The van der Waals surface area contributed by atoms with Gasteiger partial charge in [0.25, 0.3) is 0 Å². The molecule has 6 heteroatoms. The molecule has 0 fully saturated rings. The second-order valence-corrected chi connectivity index (χ2v) is 18.4. The van der Waals surface area contributed by atoms with Crippen molar-refractivity contribution in [2.45, 2.75) is 155 Å². The van der Waals surface area contributed by atoms with Gasteiger partial charge in [-0.3, -0.25) is 0 Å². The first kappa shape index (κ1) is 38.6. The minimum atomic E-state index is -0.351. The van der Waals surface area contributed by atoms with Crippen molar-refractivity contribution < 1.29 is 9.59 Å². The second kappa shape index (κ2) is 24.6. The van der Waals surface area contributed by atoms with E-state index in [4.69, 9.17) is 11.5 Å². The first-order chi connectivity index (χ1) is 21.5. The van der Waals surface area contributed by atoms with Gasteiger partial charge in [-0.2, -0.15) is 0 Å². The van der Waals surface area contributed by atoms with E-state index < -0.39 is 0 Å². The molecular weight excluding hydrogens is 674 g/mol. The second-order valence-electron chi connectivity index (χ2n) is 12.3. The molecule has 2 rings (SSSR count). The number of benzene rings is 2. The Hall–Kier alpha value is -1.58. The molecule has 0 aliphatic rings. The Balaban J connectivity index is 1.95. The van der Waals surface area contributed by atoms with Gasteiger partial charge in [-0.15, -0.1) is 0 Å². The van der Waals surface area contributed by atoms with E-state index in [9.17, 15) is 9.59 Å². The summed E-state index contributed by atoms with van der Waals surface area (Å²) in [7, 11) is 0. The van der Waals surface area contributed by atoms with Crippen LogP contribution in [-0.2, 0) is 12.8 Å². The molecule has 246 valence electrons. The number of primary amides is 2. The van der Waals surface area contributed by atoms with Crippen molar-refractivity contribution in [3.05, 3.63) is 58.7 Å². The fraction of sp³-hybridized carbons (Fsp3) is 0.632. The van der Waals surface area contributed by atoms with Crippen LogP contribution in [0.25, 0.3) is 0 Å². The summed E-state index contributed by atoms with van der Waals surface area (Å²) in [6, 6.07) is 12.1. The molecule has 0 aromatic heterocycles. The SMILES string of the molecule is CCCCCCCCCCCCc1cccc(C(N)=O)c1[Se][Se]c1c(CCCCCCCCCCCC)cccc1C(N)=O. The van der Waals surface area contributed by atoms with Gasteiger partial charge in [0.05, 0.1) is 0 Å². The number of nitrogens with two attached hydrogens (primary N) is 2. The van der Waals surface area contributed by atoms with Crippen molar-refractivity contribution >= 4 is 47.0 Å². The standard InChI is InChI=1S/C38H60N2O2Se2/c1-3-5-7-9-11-13-15-17-19-21-25-31-27-23-29-33(37(39)41)35(31)43-44-36-32(28-24-30-34(36)38(40)42)26-22-20-18-16-14-12-10-8-6-4-2/h23-24,27-30H,3-22,25-26H2,1-2H3,(H2,39,41)(H2,40,42). The number of rotatable bonds is 27. The van der Waals surface area contributed by atoms with Gasteiger partial charge < -0.3 is 0 Å². The van der Waals surface area contributed by atoms with Gasteiger partial charge in [0.2, 0.25) is 0 Å². The van der Waals surface area contributed by atoms with E-state index in [1.807, 2.05) is 24.3 Å². The molecular formula is C38H60N2O2Se2. The third kappa shape index (κ3) is 15.6. The van der Waals surface area contributed by atoms with E-state index in [1.54, 1.807) is 0 Å². The molecule has 2 amide bonds. The summed E-state index contributed by atoms with van der Waals surface area (Å²) in [6.07, 6.45) is 28.1. The fourth-order valence-electron chi connectivity index (χ4n) is 5.84. The molecule has 0 unspecified atom stereocenters. The molecule has 0 saturated heterocycles. The molecule has 0 bridgehead atoms. The quantitative estimate of drug-likeness (QED) is 0.0719. The van der Waals surface area contributed by atoms with Crippen LogP contribution in [0.15, 0.2) is 36.4 Å².